The van der Waals surface area contributed by atoms with E-state index >= 15 is 0 Å². The largest absolute Gasteiger partial charge is 0.466 e. The summed E-state index contributed by atoms with van der Waals surface area (Å²) in [7, 11) is 0. The maximum atomic E-state index is 12.7. The minimum absolute atomic E-state index is 0.115. The Morgan fingerprint density at radius 3 is 2.64 bits per heavy atom. The molecule has 1 amide bonds. The molecule has 122 valence electrons. The van der Waals surface area contributed by atoms with E-state index < -0.39 is 0 Å². The molecule has 1 aromatic rings. The van der Waals surface area contributed by atoms with Crippen molar-refractivity contribution in [3.05, 3.63) is 34.3 Å². The van der Waals surface area contributed by atoms with Crippen LogP contribution >= 0.6 is 15.9 Å². The predicted octanol–water partition coefficient (Wildman–Crippen LogP) is 2.62. The van der Waals surface area contributed by atoms with Crippen LogP contribution in [0.5, 0.6) is 0 Å². The van der Waals surface area contributed by atoms with Crippen LogP contribution in [-0.2, 0) is 9.53 Å². The zero-order valence-electron chi connectivity index (χ0n) is 12.9. The van der Waals surface area contributed by atoms with E-state index in [2.05, 4.69) is 15.9 Å². The van der Waals surface area contributed by atoms with Gasteiger partial charge in [0.1, 0.15) is 0 Å². The molecule has 6 heteroatoms. The van der Waals surface area contributed by atoms with Gasteiger partial charge in [0.05, 0.1) is 25.7 Å². The van der Waals surface area contributed by atoms with Crippen LogP contribution in [0.2, 0.25) is 0 Å². The molecule has 0 saturated heterocycles. The van der Waals surface area contributed by atoms with Crippen molar-refractivity contribution in [1.29, 1.82) is 0 Å². The Morgan fingerprint density at radius 2 is 2.09 bits per heavy atom. The molecule has 0 heterocycles. The highest BCUT2D eigenvalue weighted by molar-refractivity contribution is 9.10. The second-order valence-corrected chi connectivity index (χ2v) is 5.72. The van der Waals surface area contributed by atoms with Gasteiger partial charge in [0, 0.05) is 16.6 Å². The SMILES string of the molecule is CCOC(=O)CCN(C(=O)c1cccc(Br)c1)C(CC)CO. The van der Waals surface area contributed by atoms with Gasteiger partial charge in [0.2, 0.25) is 0 Å². The van der Waals surface area contributed by atoms with E-state index in [0.29, 0.717) is 18.6 Å². The number of nitrogens with zero attached hydrogens (tertiary/aromatic N) is 1. The Bertz CT molecular complexity index is 503. The molecule has 1 unspecified atom stereocenters. The predicted molar refractivity (Wildman–Crippen MR) is 87.6 cm³/mol. The first kappa shape index (κ1) is 18.6. The van der Waals surface area contributed by atoms with Crippen LogP contribution in [0.25, 0.3) is 0 Å². The van der Waals surface area contributed by atoms with Gasteiger partial charge in [0.25, 0.3) is 5.91 Å². The maximum Gasteiger partial charge on any atom is 0.307 e. The molecule has 0 radical (unpaired) electrons. The number of carbonyl (C=O) groups excluding carboxylic acids is 2. The third-order valence-corrected chi connectivity index (χ3v) is 3.81. The molecular formula is C16H22BrNO4. The highest BCUT2D eigenvalue weighted by Crippen LogP contribution is 2.16. The zero-order chi connectivity index (χ0) is 16.5. The van der Waals surface area contributed by atoms with Gasteiger partial charge in [-0.15, -0.1) is 0 Å². The number of aliphatic hydroxyl groups is 1. The van der Waals surface area contributed by atoms with Crippen molar-refractivity contribution in [1.82, 2.24) is 4.90 Å². The molecule has 5 nitrogen and oxygen atoms in total. The van der Waals surface area contributed by atoms with Crippen molar-refractivity contribution in [3.8, 4) is 0 Å². The number of carbonyl (C=O) groups is 2. The number of hydrogen-bond donors (Lipinski definition) is 1. The molecule has 0 aromatic heterocycles. The number of hydrogen-bond acceptors (Lipinski definition) is 4. The fourth-order valence-corrected chi connectivity index (χ4v) is 2.53. The Morgan fingerprint density at radius 1 is 1.36 bits per heavy atom. The van der Waals surface area contributed by atoms with E-state index in [4.69, 9.17) is 4.74 Å². The third-order valence-electron chi connectivity index (χ3n) is 3.32. The molecular weight excluding hydrogens is 350 g/mol. The summed E-state index contributed by atoms with van der Waals surface area (Å²) in [6.45, 7) is 4.04. The van der Waals surface area contributed by atoms with E-state index in [1.54, 1.807) is 30.0 Å². The number of rotatable bonds is 8. The smallest absolute Gasteiger partial charge is 0.307 e. The molecule has 1 N–H and O–H groups in total. The molecule has 1 atom stereocenters. The molecule has 0 spiro atoms. The molecule has 0 bridgehead atoms. The van der Waals surface area contributed by atoms with Gasteiger partial charge < -0.3 is 14.7 Å². The Balaban J connectivity index is 2.89. The van der Waals surface area contributed by atoms with Gasteiger partial charge in [-0.1, -0.05) is 28.9 Å². The van der Waals surface area contributed by atoms with E-state index in [1.165, 1.54) is 0 Å². The molecule has 0 fully saturated rings. The second-order valence-electron chi connectivity index (χ2n) is 4.81. The number of esters is 1. The van der Waals surface area contributed by atoms with Crippen LogP contribution < -0.4 is 0 Å². The van der Waals surface area contributed by atoms with Crippen molar-refractivity contribution in [2.24, 2.45) is 0 Å². The minimum atomic E-state index is -0.345. The topological polar surface area (TPSA) is 66.8 Å². The standard InChI is InChI=1S/C16H22BrNO4/c1-3-14(11-19)18(9-8-15(20)22-4-2)16(21)12-6-5-7-13(17)10-12/h5-7,10,14,19H,3-4,8-9,11H2,1-2H3. The zero-order valence-corrected chi connectivity index (χ0v) is 14.5. The van der Waals surface area contributed by atoms with Crippen LogP contribution in [-0.4, -0.2) is 47.7 Å². The van der Waals surface area contributed by atoms with Crippen LogP contribution in [0.15, 0.2) is 28.7 Å². The first-order chi connectivity index (χ1) is 10.5. The molecule has 0 saturated carbocycles. The summed E-state index contributed by atoms with van der Waals surface area (Å²) in [5, 5.41) is 9.50. The van der Waals surface area contributed by atoms with Gasteiger partial charge in [-0.3, -0.25) is 9.59 Å². The van der Waals surface area contributed by atoms with Gasteiger partial charge in [-0.25, -0.2) is 0 Å². The summed E-state index contributed by atoms with van der Waals surface area (Å²) in [4.78, 5) is 25.7. The van der Waals surface area contributed by atoms with E-state index in [0.717, 1.165) is 4.47 Å². The van der Waals surface area contributed by atoms with Crippen molar-refractivity contribution in [2.75, 3.05) is 19.8 Å². The number of benzene rings is 1. The number of ether oxygens (including phenoxy) is 1. The quantitative estimate of drug-likeness (QED) is 0.713. The Kier molecular flexibility index (Phi) is 8.12. The third kappa shape index (κ3) is 5.42. The van der Waals surface area contributed by atoms with Crippen LogP contribution in [0.1, 0.15) is 37.0 Å². The maximum absolute atomic E-state index is 12.7. The molecule has 0 aliphatic heterocycles. The lowest BCUT2D eigenvalue weighted by Crippen LogP contribution is -2.43. The fourth-order valence-electron chi connectivity index (χ4n) is 2.13. The summed E-state index contributed by atoms with van der Waals surface area (Å²) in [6.07, 6.45) is 0.725. The van der Waals surface area contributed by atoms with Crippen molar-refractivity contribution in [3.63, 3.8) is 0 Å². The number of halogens is 1. The molecule has 0 aliphatic rings. The summed E-state index contributed by atoms with van der Waals surface area (Å²) >= 11 is 3.34. The molecule has 1 aromatic carbocycles. The lowest BCUT2D eigenvalue weighted by atomic mass is 10.1. The summed E-state index contributed by atoms with van der Waals surface area (Å²) in [5.41, 5.74) is 0.519. The molecule has 22 heavy (non-hydrogen) atoms. The normalized spacial score (nSPS) is 11.8. The Hall–Kier alpha value is -1.40. The van der Waals surface area contributed by atoms with Gasteiger partial charge >= 0.3 is 5.97 Å². The first-order valence-corrected chi connectivity index (χ1v) is 8.15. The lowest BCUT2D eigenvalue weighted by Gasteiger charge is -2.30. The van der Waals surface area contributed by atoms with Gasteiger partial charge in [-0.2, -0.15) is 0 Å². The fraction of sp³-hybridized carbons (Fsp3) is 0.500. The lowest BCUT2D eigenvalue weighted by molar-refractivity contribution is -0.143. The summed E-state index contributed by atoms with van der Waals surface area (Å²) < 4.78 is 5.70. The van der Waals surface area contributed by atoms with Crippen molar-refractivity contribution in [2.45, 2.75) is 32.7 Å². The average molecular weight is 372 g/mol. The van der Waals surface area contributed by atoms with E-state index in [9.17, 15) is 14.7 Å². The first-order valence-electron chi connectivity index (χ1n) is 7.36. The van der Waals surface area contributed by atoms with E-state index in [1.807, 2.05) is 13.0 Å². The average Bonchev–Trinajstić information content (AvgIpc) is 2.51. The molecule has 1 rings (SSSR count). The van der Waals surface area contributed by atoms with Crippen molar-refractivity contribution < 1.29 is 19.4 Å². The number of amides is 1. The minimum Gasteiger partial charge on any atom is -0.466 e. The van der Waals surface area contributed by atoms with Crippen LogP contribution in [0, 0.1) is 0 Å². The van der Waals surface area contributed by atoms with Crippen molar-refractivity contribution >= 4 is 27.8 Å². The summed E-state index contributed by atoms with van der Waals surface area (Å²) in [6, 6.07) is 6.74. The van der Waals surface area contributed by atoms with Gasteiger partial charge in [-0.05, 0) is 31.5 Å². The second kappa shape index (κ2) is 9.58. The highest BCUT2D eigenvalue weighted by atomic mass is 79.9. The Labute approximate surface area is 139 Å². The number of aliphatic hydroxyl groups excluding tert-OH is 1. The van der Waals surface area contributed by atoms with Gasteiger partial charge in [0.15, 0.2) is 0 Å². The van der Waals surface area contributed by atoms with Crippen LogP contribution in [0.3, 0.4) is 0 Å². The monoisotopic (exact) mass is 371 g/mol. The highest BCUT2D eigenvalue weighted by Gasteiger charge is 2.24. The molecule has 0 aliphatic carbocycles. The van der Waals surface area contributed by atoms with Crippen LogP contribution in [0.4, 0.5) is 0 Å². The van der Waals surface area contributed by atoms with E-state index in [-0.39, 0.29) is 37.5 Å². The summed E-state index contributed by atoms with van der Waals surface area (Å²) in [5.74, 6) is -0.547.